The van der Waals surface area contributed by atoms with Gasteiger partial charge in [0.15, 0.2) is 0 Å². The van der Waals surface area contributed by atoms with E-state index in [4.69, 9.17) is 0 Å². The van der Waals surface area contributed by atoms with Crippen molar-refractivity contribution in [2.75, 3.05) is 4.90 Å². The van der Waals surface area contributed by atoms with Crippen LogP contribution in [-0.4, -0.2) is 0 Å². The van der Waals surface area contributed by atoms with Gasteiger partial charge in [-0.05, 0) is 155 Å². The lowest BCUT2D eigenvalue weighted by Gasteiger charge is -2.29. The van der Waals surface area contributed by atoms with Crippen molar-refractivity contribution in [1.82, 2.24) is 0 Å². The molecule has 0 aromatic heterocycles. The van der Waals surface area contributed by atoms with Crippen molar-refractivity contribution in [1.29, 1.82) is 0 Å². The third-order valence-electron chi connectivity index (χ3n) is 14.5. The normalized spacial score (nSPS) is 15.2. The van der Waals surface area contributed by atoms with Crippen molar-refractivity contribution in [3.63, 3.8) is 0 Å². The van der Waals surface area contributed by atoms with E-state index in [1.165, 1.54) is 121 Å². The summed E-state index contributed by atoms with van der Waals surface area (Å²) in [5, 5.41) is 0. The lowest BCUT2D eigenvalue weighted by Crippen LogP contribution is -2.16. The van der Waals surface area contributed by atoms with E-state index in [0.717, 1.165) is 5.69 Å². The third-order valence-corrected chi connectivity index (χ3v) is 14.5. The minimum absolute atomic E-state index is 0.000266. The minimum atomic E-state index is -0.0823. The van der Waals surface area contributed by atoms with E-state index < -0.39 is 0 Å². The highest BCUT2D eigenvalue weighted by molar-refractivity contribution is 5.87. The van der Waals surface area contributed by atoms with E-state index >= 15 is 0 Å². The van der Waals surface area contributed by atoms with Crippen molar-refractivity contribution < 1.29 is 0 Å². The van der Waals surface area contributed by atoms with Crippen molar-refractivity contribution in [3.8, 4) is 44.5 Å². The molecule has 1 fully saturated rings. The van der Waals surface area contributed by atoms with Gasteiger partial charge in [0.2, 0.25) is 0 Å². The van der Waals surface area contributed by atoms with Crippen LogP contribution in [0.1, 0.15) is 148 Å². The van der Waals surface area contributed by atoms with Crippen molar-refractivity contribution in [3.05, 3.63) is 185 Å². The zero-order chi connectivity index (χ0) is 45.2. The van der Waals surface area contributed by atoms with E-state index in [9.17, 15) is 0 Å². The Kier molecular flexibility index (Phi) is 11.2. The van der Waals surface area contributed by atoms with Crippen LogP contribution in [0.15, 0.2) is 152 Å². The maximum absolute atomic E-state index is 2.47. The Morgan fingerprint density at radius 3 is 1.50 bits per heavy atom. The molecule has 0 heterocycles. The van der Waals surface area contributed by atoms with Crippen LogP contribution < -0.4 is 4.90 Å². The molecule has 1 heteroatoms. The SMILES string of the molecule is CC(C)(C)c1cc(-c2ccc(-c3cccc(N(c4ccc(C5CCCCC5)cc4)c4ccc5c(c4)C(C)(C)c4ccccc4-5)c3)cc2)cc(-c2cc(C(C)(C)C)cc(C(C)(C)C)c2)c1. The van der Waals surface area contributed by atoms with Gasteiger partial charge in [0, 0.05) is 22.5 Å². The average Bonchev–Trinajstić information content (AvgIpc) is 3.51. The van der Waals surface area contributed by atoms with Gasteiger partial charge in [-0.15, -0.1) is 0 Å². The maximum atomic E-state index is 2.47. The standard InChI is InChI=1S/C63H69N/c1-60(2,3)50-35-47(34-48(36-50)49-37-51(61(4,5)6)40-52(38-49)62(7,8)9)45-26-24-44(25-27-45)46-20-17-21-54(39-46)64(53-30-28-43(29-31-53)42-18-13-12-14-19-42)55-32-33-57-56-22-15-16-23-58(56)63(10,11)59(57)41-55/h15-17,20-42H,12-14,18-19H2,1-11H3. The highest BCUT2D eigenvalue weighted by Crippen LogP contribution is 2.51. The number of nitrogens with zero attached hydrogens (tertiary/aromatic N) is 1. The second-order valence-electron chi connectivity index (χ2n) is 22.6. The van der Waals surface area contributed by atoms with Gasteiger partial charge in [-0.1, -0.05) is 205 Å². The highest BCUT2D eigenvalue weighted by atomic mass is 15.1. The van der Waals surface area contributed by atoms with Gasteiger partial charge in [0.05, 0.1) is 0 Å². The summed E-state index contributed by atoms with van der Waals surface area (Å²) in [4.78, 5) is 2.47. The van der Waals surface area contributed by atoms with Crippen LogP contribution in [0.2, 0.25) is 0 Å². The quantitative estimate of drug-likeness (QED) is 0.155. The van der Waals surface area contributed by atoms with Crippen LogP contribution in [0.25, 0.3) is 44.5 Å². The summed E-state index contributed by atoms with van der Waals surface area (Å²) < 4.78 is 0. The van der Waals surface area contributed by atoms with E-state index in [-0.39, 0.29) is 21.7 Å². The average molecular weight is 840 g/mol. The molecule has 64 heavy (non-hydrogen) atoms. The Bertz CT molecular complexity index is 2770. The van der Waals surface area contributed by atoms with Gasteiger partial charge in [0.25, 0.3) is 0 Å². The summed E-state index contributed by atoms with van der Waals surface area (Å²) in [5.41, 5.74) is 22.1. The third kappa shape index (κ3) is 8.52. The topological polar surface area (TPSA) is 3.24 Å². The zero-order valence-electron chi connectivity index (χ0n) is 40.5. The van der Waals surface area contributed by atoms with Gasteiger partial charge >= 0.3 is 0 Å². The Morgan fingerprint density at radius 1 is 0.391 bits per heavy atom. The van der Waals surface area contributed by atoms with E-state index in [2.05, 4.69) is 233 Å². The molecule has 0 atom stereocenters. The first-order chi connectivity index (χ1) is 30.3. The molecule has 0 unspecified atom stereocenters. The highest BCUT2D eigenvalue weighted by Gasteiger charge is 2.36. The molecule has 0 bridgehead atoms. The summed E-state index contributed by atoms with van der Waals surface area (Å²) in [6.07, 6.45) is 6.66. The summed E-state index contributed by atoms with van der Waals surface area (Å²) in [7, 11) is 0. The van der Waals surface area contributed by atoms with E-state index in [1.54, 1.807) is 0 Å². The largest absolute Gasteiger partial charge is 0.310 e. The van der Waals surface area contributed by atoms with Crippen LogP contribution in [0.3, 0.4) is 0 Å². The van der Waals surface area contributed by atoms with Crippen LogP contribution >= 0.6 is 0 Å². The molecule has 7 aromatic carbocycles. The molecule has 9 rings (SSSR count). The number of anilines is 3. The first-order valence-electron chi connectivity index (χ1n) is 24.0. The van der Waals surface area contributed by atoms with Gasteiger partial charge in [-0.2, -0.15) is 0 Å². The van der Waals surface area contributed by atoms with Crippen LogP contribution in [-0.2, 0) is 21.7 Å². The molecule has 2 aliphatic carbocycles. The molecule has 0 amide bonds. The van der Waals surface area contributed by atoms with Gasteiger partial charge in [-0.25, -0.2) is 0 Å². The molecule has 2 aliphatic rings. The second-order valence-corrected chi connectivity index (χ2v) is 22.6. The molecule has 0 radical (unpaired) electrons. The van der Waals surface area contributed by atoms with Crippen LogP contribution in [0, 0.1) is 0 Å². The maximum Gasteiger partial charge on any atom is 0.0467 e. The fourth-order valence-electron chi connectivity index (χ4n) is 10.3. The predicted molar refractivity (Wildman–Crippen MR) is 277 cm³/mol. The summed E-state index contributed by atoms with van der Waals surface area (Å²) in [5.74, 6) is 0.672. The molecule has 326 valence electrons. The second kappa shape index (κ2) is 16.4. The molecule has 0 aliphatic heterocycles. The van der Waals surface area contributed by atoms with Crippen LogP contribution in [0.4, 0.5) is 17.1 Å². The molecule has 1 nitrogen and oxygen atoms in total. The summed E-state index contributed by atoms with van der Waals surface area (Å²) in [6.45, 7) is 25.7. The Morgan fingerprint density at radius 2 is 0.891 bits per heavy atom. The molecule has 7 aromatic rings. The first kappa shape index (κ1) is 43.6. The lowest BCUT2D eigenvalue weighted by molar-refractivity contribution is 0.443. The number of hydrogen-bond donors (Lipinski definition) is 0. The van der Waals surface area contributed by atoms with Crippen molar-refractivity contribution in [2.24, 2.45) is 0 Å². The van der Waals surface area contributed by atoms with Crippen molar-refractivity contribution in [2.45, 2.75) is 136 Å². The lowest BCUT2D eigenvalue weighted by atomic mass is 9.78. The molecule has 1 saturated carbocycles. The minimum Gasteiger partial charge on any atom is -0.310 e. The monoisotopic (exact) mass is 840 g/mol. The Balaban J connectivity index is 1.09. The fourth-order valence-corrected chi connectivity index (χ4v) is 10.3. The Hall–Kier alpha value is -5.66. The van der Waals surface area contributed by atoms with Gasteiger partial charge in [-0.3, -0.25) is 0 Å². The summed E-state index contributed by atoms with van der Waals surface area (Å²) in [6, 6.07) is 58.5. The van der Waals surface area contributed by atoms with Crippen molar-refractivity contribution >= 4 is 17.1 Å². The number of fused-ring (bicyclic) bond motifs is 3. The molecule has 0 N–H and O–H groups in total. The smallest absolute Gasteiger partial charge is 0.0467 e. The number of benzene rings is 7. The molecular weight excluding hydrogens is 771 g/mol. The number of rotatable bonds is 7. The van der Waals surface area contributed by atoms with Gasteiger partial charge in [0.1, 0.15) is 0 Å². The first-order valence-corrected chi connectivity index (χ1v) is 24.0. The van der Waals surface area contributed by atoms with E-state index in [1.807, 2.05) is 0 Å². The molecule has 0 spiro atoms. The molecule has 0 saturated heterocycles. The zero-order valence-corrected chi connectivity index (χ0v) is 40.5. The molecular formula is C63H69N. The van der Waals surface area contributed by atoms with Gasteiger partial charge < -0.3 is 4.90 Å². The van der Waals surface area contributed by atoms with E-state index in [0.29, 0.717) is 5.92 Å². The Labute approximate surface area is 385 Å². The predicted octanol–water partition coefficient (Wildman–Crippen LogP) is 18.4. The summed E-state index contributed by atoms with van der Waals surface area (Å²) >= 11 is 0. The fraction of sp³-hybridized carbons (Fsp3) is 0.333. The van der Waals surface area contributed by atoms with Crippen LogP contribution in [0.5, 0.6) is 0 Å². The number of hydrogen-bond acceptors (Lipinski definition) is 1.